The van der Waals surface area contributed by atoms with Gasteiger partial charge in [-0.25, -0.2) is 12.7 Å². The minimum Gasteiger partial charge on any atom is -0.324 e. The summed E-state index contributed by atoms with van der Waals surface area (Å²) >= 11 is 0. The molecule has 2 N–H and O–H groups in total. The predicted molar refractivity (Wildman–Crippen MR) is 91.0 cm³/mol. The number of aromatic nitrogens is 2. The highest BCUT2D eigenvalue weighted by Crippen LogP contribution is 2.20. The van der Waals surface area contributed by atoms with Crippen molar-refractivity contribution < 1.29 is 13.2 Å². The maximum Gasteiger partial charge on any atom is 0.246 e. The molecule has 0 aliphatic heterocycles. The summed E-state index contributed by atoms with van der Waals surface area (Å²) in [4.78, 5) is 12.6. The van der Waals surface area contributed by atoms with Crippen molar-refractivity contribution in [3.05, 3.63) is 42.2 Å². The number of nitrogens with one attached hydrogen (secondary N) is 2. The second kappa shape index (κ2) is 7.12. The second-order valence-corrected chi connectivity index (χ2v) is 7.63. The van der Waals surface area contributed by atoms with Gasteiger partial charge in [0.15, 0.2) is 0 Å². The molecule has 1 aromatic carbocycles. The molecule has 1 aromatic heterocycles. The number of anilines is 1. The molecule has 2 rings (SSSR count). The summed E-state index contributed by atoms with van der Waals surface area (Å²) < 4.78 is 27.1. The Bertz CT molecular complexity index is 829. The molecule has 130 valence electrons. The molecule has 0 fully saturated rings. The number of hydrogen-bond donors (Lipinski definition) is 2. The van der Waals surface area contributed by atoms with E-state index in [0.717, 1.165) is 9.87 Å². The van der Waals surface area contributed by atoms with Gasteiger partial charge in [-0.2, -0.15) is 5.10 Å². The van der Waals surface area contributed by atoms with Gasteiger partial charge in [0.1, 0.15) is 6.04 Å². The molecule has 0 spiro atoms. The lowest BCUT2D eigenvalue weighted by Gasteiger charge is -2.16. The molecular weight excluding hydrogens is 330 g/mol. The second-order valence-electron chi connectivity index (χ2n) is 5.47. The van der Waals surface area contributed by atoms with Crippen LogP contribution in [0.25, 0.3) is 0 Å². The number of benzene rings is 1. The van der Waals surface area contributed by atoms with Crippen molar-refractivity contribution in [2.45, 2.75) is 10.9 Å². The first-order valence-electron chi connectivity index (χ1n) is 7.25. The molecule has 0 radical (unpaired) electrons. The van der Waals surface area contributed by atoms with Gasteiger partial charge in [-0.15, -0.1) is 0 Å². The van der Waals surface area contributed by atoms with Crippen LogP contribution in [0.3, 0.4) is 0 Å². The Kier molecular flexibility index (Phi) is 5.37. The minimum atomic E-state index is -3.56. The average molecular weight is 351 g/mol. The normalized spacial score (nSPS) is 13.0. The molecule has 24 heavy (non-hydrogen) atoms. The molecule has 1 unspecified atom stereocenters. The van der Waals surface area contributed by atoms with Crippen LogP contribution in [-0.2, 0) is 21.9 Å². The molecule has 0 saturated heterocycles. The smallest absolute Gasteiger partial charge is 0.246 e. The lowest BCUT2D eigenvalue weighted by molar-refractivity contribution is -0.118. The van der Waals surface area contributed by atoms with Crippen LogP contribution in [0.5, 0.6) is 0 Å². The van der Waals surface area contributed by atoms with E-state index in [9.17, 15) is 13.2 Å². The van der Waals surface area contributed by atoms with Gasteiger partial charge in [0, 0.05) is 38.6 Å². The van der Waals surface area contributed by atoms with E-state index < -0.39 is 16.1 Å². The number of hydrogen-bond acceptors (Lipinski definition) is 5. The highest BCUT2D eigenvalue weighted by molar-refractivity contribution is 7.89. The number of amides is 1. The topological polar surface area (TPSA) is 96.3 Å². The van der Waals surface area contributed by atoms with Crippen molar-refractivity contribution in [1.82, 2.24) is 19.4 Å². The fourth-order valence-electron chi connectivity index (χ4n) is 2.20. The Morgan fingerprint density at radius 3 is 2.58 bits per heavy atom. The van der Waals surface area contributed by atoms with Crippen molar-refractivity contribution in [2.75, 3.05) is 26.5 Å². The Hall–Kier alpha value is -2.23. The van der Waals surface area contributed by atoms with Gasteiger partial charge in [-0.1, -0.05) is 6.07 Å². The zero-order valence-electron chi connectivity index (χ0n) is 14.0. The highest BCUT2D eigenvalue weighted by Gasteiger charge is 2.22. The highest BCUT2D eigenvalue weighted by atomic mass is 32.2. The van der Waals surface area contributed by atoms with Crippen LogP contribution in [0.4, 0.5) is 5.69 Å². The lowest BCUT2D eigenvalue weighted by Crippen LogP contribution is -2.30. The van der Waals surface area contributed by atoms with E-state index in [0.29, 0.717) is 5.69 Å². The van der Waals surface area contributed by atoms with Crippen LogP contribution in [0.15, 0.2) is 41.6 Å². The molecular formula is C15H21N5O3S. The number of nitrogens with zero attached hydrogens (tertiary/aromatic N) is 3. The maximum absolute atomic E-state index is 12.5. The van der Waals surface area contributed by atoms with Crippen molar-refractivity contribution in [3.63, 3.8) is 0 Å². The first-order valence-corrected chi connectivity index (χ1v) is 8.69. The summed E-state index contributed by atoms with van der Waals surface area (Å²) in [6.07, 6.45) is 3.35. The van der Waals surface area contributed by atoms with Crippen molar-refractivity contribution in [3.8, 4) is 0 Å². The van der Waals surface area contributed by atoms with Gasteiger partial charge in [-0.3, -0.25) is 9.48 Å². The number of sulfonamides is 1. The monoisotopic (exact) mass is 351 g/mol. The Balaban J connectivity index is 2.23. The SMILES string of the molecule is CNC(C(=O)Nc1cccc(S(=O)(=O)N(C)C)c1)c1cnn(C)c1. The standard InChI is InChI=1S/C15H21N5O3S/c1-16-14(11-9-17-20(4)10-11)15(21)18-12-6-5-7-13(8-12)24(22,23)19(2)3/h5-10,14,16H,1-4H3,(H,18,21). The van der Waals surface area contributed by atoms with Crippen molar-refractivity contribution >= 4 is 21.6 Å². The number of likely N-dealkylation sites (N-methyl/N-ethyl adjacent to an activating group) is 1. The summed E-state index contributed by atoms with van der Waals surface area (Å²) in [7, 11) is 2.80. The van der Waals surface area contributed by atoms with Crippen molar-refractivity contribution in [1.29, 1.82) is 0 Å². The number of carbonyl (C=O) groups excluding carboxylic acids is 1. The largest absolute Gasteiger partial charge is 0.324 e. The van der Waals surface area contributed by atoms with Crippen LogP contribution in [0.1, 0.15) is 11.6 Å². The Morgan fingerprint density at radius 2 is 2.04 bits per heavy atom. The molecule has 0 saturated carbocycles. The van der Waals surface area contributed by atoms with E-state index in [2.05, 4.69) is 15.7 Å². The van der Waals surface area contributed by atoms with E-state index >= 15 is 0 Å². The average Bonchev–Trinajstić information content (AvgIpc) is 2.94. The Labute approximate surface area is 141 Å². The van der Waals surface area contributed by atoms with Gasteiger partial charge >= 0.3 is 0 Å². The molecule has 1 heterocycles. The van der Waals surface area contributed by atoms with Crippen LogP contribution in [0, 0.1) is 0 Å². The van der Waals surface area contributed by atoms with Gasteiger partial charge in [0.25, 0.3) is 0 Å². The quantitative estimate of drug-likeness (QED) is 0.793. The summed E-state index contributed by atoms with van der Waals surface area (Å²) in [5.74, 6) is -0.301. The molecule has 2 aromatic rings. The van der Waals surface area contributed by atoms with E-state index in [1.165, 1.54) is 26.2 Å². The summed E-state index contributed by atoms with van der Waals surface area (Å²) in [6.45, 7) is 0. The molecule has 8 nitrogen and oxygen atoms in total. The third-order valence-electron chi connectivity index (χ3n) is 3.49. The Morgan fingerprint density at radius 1 is 1.33 bits per heavy atom. The number of aryl methyl sites for hydroxylation is 1. The van der Waals surface area contributed by atoms with Gasteiger partial charge in [0.05, 0.1) is 11.1 Å². The third-order valence-corrected chi connectivity index (χ3v) is 5.30. The van der Waals surface area contributed by atoms with Crippen LogP contribution in [0.2, 0.25) is 0 Å². The van der Waals surface area contributed by atoms with E-state index in [1.807, 2.05) is 0 Å². The number of rotatable bonds is 6. The van der Waals surface area contributed by atoms with Gasteiger partial charge in [0.2, 0.25) is 15.9 Å². The van der Waals surface area contributed by atoms with Crippen LogP contribution in [-0.4, -0.2) is 49.6 Å². The first-order chi connectivity index (χ1) is 11.3. The van der Waals surface area contributed by atoms with E-state index in [1.54, 1.807) is 43.3 Å². The maximum atomic E-state index is 12.5. The summed E-state index contributed by atoms with van der Waals surface area (Å²) in [5.41, 5.74) is 1.13. The summed E-state index contributed by atoms with van der Waals surface area (Å²) in [5, 5.41) is 9.71. The zero-order chi connectivity index (χ0) is 17.9. The van der Waals surface area contributed by atoms with Gasteiger partial charge < -0.3 is 10.6 Å². The van der Waals surface area contributed by atoms with E-state index in [-0.39, 0.29) is 10.8 Å². The van der Waals surface area contributed by atoms with Crippen LogP contribution < -0.4 is 10.6 Å². The first kappa shape index (κ1) is 18.1. The zero-order valence-corrected chi connectivity index (χ0v) is 14.8. The number of carbonyl (C=O) groups is 1. The summed E-state index contributed by atoms with van der Waals surface area (Å²) in [6, 6.07) is 5.56. The molecule has 0 aliphatic carbocycles. The lowest BCUT2D eigenvalue weighted by atomic mass is 10.1. The molecule has 1 atom stereocenters. The van der Waals surface area contributed by atoms with Crippen LogP contribution >= 0.6 is 0 Å². The molecule has 9 heteroatoms. The minimum absolute atomic E-state index is 0.118. The molecule has 1 amide bonds. The predicted octanol–water partition coefficient (Wildman–Crippen LogP) is 0.570. The molecule has 0 bridgehead atoms. The third kappa shape index (κ3) is 3.81. The fourth-order valence-corrected chi connectivity index (χ4v) is 3.15. The van der Waals surface area contributed by atoms with Gasteiger partial charge in [-0.05, 0) is 25.2 Å². The fraction of sp³-hybridized carbons (Fsp3) is 0.333. The van der Waals surface area contributed by atoms with E-state index in [4.69, 9.17) is 0 Å². The van der Waals surface area contributed by atoms with Crippen molar-refractivity contribution in [2.24, 2.45) is 7.05 Å². The molecule has 0 aliphatic rings.